The zero-order valence-electron chi connectivity index (χ0n) is 7.94. The number of carbonyl (C=O) groups excluding carboxylic acids is 1. The van der Waals surface area contributed by atoms with Crippen LogP contribution in [0.4, 0.5) is 0 Å². The van der Waals surface area contributed by atoms with Crippen molar-refractivity contribution < 1.29 is 14.6 Å². The molecule has 0 amide bonds. The molecule has 13 heavy (non-hydrogen) atoms. The lowest BCUT2D eigenvalue weighted by Crippen LogP contribution is -2.30. The van der Waals surface area contributed by atoms with Crippen LogP contribution in [0, 0.1) is 5.92 Å². The summed E-state index contributed by atoms with van der Waals surface area (Å²) in [5.74, 6) is -1.39. The fraction of sp³-hybridized carbons (Fsp3) is 0.556. The summed E-state index contributed by atoms with van der Waals surface area (Å²) in [5, 5.41) is 9.14. The number of ether oxygens (including phenoxy) is 1. The summed E-state index contributed by atoms with van der Waals surface area (Å²) in [6.45, 7) is 5.33. The molecule has 4 heteroatoms. The molecule has 1 N–H and O–H groups in total. The summed E-state index contributed by atoms with van der Waals surface area (Å²) in [5.41, 5.74) is -0.534. The van der Waals surface area contributed by atoms with Crippen LogP contribution in [0.1, 0.15) is 20.8 Å². The van der Waals surface area contributed by atoms with Crippen molar-refractivity contribution in [2.75, 3.05) is 0 Å². The predicted molar refractivity (Wildman–Crippen MR) is 48.5 cm³/mol. The van der Waals surface area contributed by atoms with Gasteiger partial charge in [-0.05, 0) is 26.8 Å². The molecule has 0 bridgehead atoms. The Labute approximate surface area is 76.9 Å². The minimum atomic E-state index is -0.723. The molecule has 0 spiro atoms. The molecule has 1 unspecified atom stereocenters. The second-order valence-corrected chi connectivity index (χ2v) is 3.84. The first-order valence-corrected chi connectivity index (χ1v) is 4.06. The fourth-order valence-electron chi connectivity index (χ4n) is 0.921. The van der Waals surface area contributed by atoms with Gasteiger partial charge in [0.2, 0.25) is 5.90 Å². The van der Waals surface area contributed by atoms with Gasteiger partial charge in [-0.3, -0.25) is 4.79 Å². The van der Waals surface area contributed by atoms with Gasteiger partial charge in [0.1, 0.15) is 5.60 Å². The van der Waals surface area contributed by atoms with E-state index in [0.717, 1.165) is 0 Å². The summed E-state index contributed by atoms with van der Waals surface area (Å²) in [6, 6.07) is 0. The van der Waals surface area contributed by atoms with Crippen LogP contribution in [0.25, 0.3) is 0 Å². The molecule has 0 aromatic rings. The smallest absolute Gasteiger partial charge is 0.322 e. The van der Waals surface area contributed by atoms with E-state index in [-0.39, 0.29) is 5.90 Å². The van der Waals surface area contributed by atoms with E-state index in [0.29, 0.717) is 0 Å². The van der Waals surface area contributed by atoms with Gasteiger partial charge in [0.15, 0.2) is 5.92 Å². The maximum atomic E-state index is 11.4. The minimum absolute atomic E-state index is 0.200. The van der Waals surface area contributed by atoms with Crippen LogP contribution in [0.3, 0.4) is 0 Å². The third-order valence-corrected chi connectivity index (χ3v) is 1.42. The first-order valence-electron chi connectivity index (χ1n) is 4.06. The summed E-state index contributed by atoms with van der Waals surface area (Å²) < 4.78 is 5.06. The molecule has 0 radical (unpaired) electrons. The Hall–Kier alpha value is -1.32. The average molecular weight is 183 g/mol. The predicted octanol–water partition coefficient (Wildman–Crippen LogP) is 1.43. The minimum Gasteiger partial charge on any atom is -0.496 e. The summed E-state index contributed by atoms with van der Waals surface area (Å²) >= 11 is 0. The van der Waals surface area contributed by atoms with Gasteiger partial charge in [0, 0.05) is 6.20 Å². The van der Waals surface area contributed by atoms with Gasteiger partial charge in [-0.2, -0.15) is 0 Å². The third kappa shape index (κ3) is 2.57. The zero-order valence-corrected chi connectivity index (χ0v) is 7.94. The second-order valence-electron chi connectivity index (χ2n) is 3.84. The van der Waals surface area contributed by atoms with Crippen molar-refractivity contribution in [2.24, 2.45) is 10.9 Å². The van der Waals surface area contributed by atoms with E-state index in [9.17, 15) is 4.79 Å². The number of aliphatic hydroxyl groups is 1. The number of nitrogens with zero attached hydrogens (tertiary/aromatic N) is 1. The van der Waals surface area contributed by atoms with Gasteiger partial charge in [0.25, 0.3) is 0 Å². The highest BCUT2D eigenvalue weighted by molar-refractivity contribution is 6.00. The highest BCUT2D eigenvalue weighted by Crippen LogP contribution is 2.15. The average Bonchev–Trinajstić information content (AvgIpc) is 2.30. The molecule has 72 valence electrons. The molecule has 0 saturated carbocycles. The largest absolute Gasteiger partial charge is 0.496 e. The molecule has 0 aromatic heterocycles. The van der Waals surface area contributed by atoms with Crippen LogP contribution in [-0.4, -0.2) is 22.6 Å². The van der Waals surface area contributed by atoms with Crippen LogP contribution in [0.15, 0.2) is 17.3 Å². The zero-order chi connectivity index (χ0) is 10.1. The second kappa shape index (κ2) is 3.20. The van der Waals surface area contributed by atoms with Gasteiger partial charge in [-0.1, -0.05) is 0 Å². The number of rotatable bonds is 1. The van der Waals surface area contributed by atoms with Crippen molar-refractivity contribution in [3.05, 3.63) is 12.3 Å². The molecule has 0 saturated heterocycles. The monoisotopic (exact) mass is 183 g/mol. The molecule has 0 aliphatic carbocycles. The van der Waals surface area contributed by atoms with Crippen molar-refractivity contribution in [3.8, 4) is 0 Å². The Bertz CT molecular complexity index is 273. The van der Waals surface area contributed by atoms with Crippen LogP contribution in [-0.2, 0) is 9.53 Å². The number of aliphatic hydroxyl groups excluding tert-OH is 1. The van der Waals surface area contributed by atoms with Crippen LogP contribution in [0.5, 0.6) is 0 Å². The van der Waals surface area contributed by atoms with Crippen molar-refractivity contribution in [2.45, 2.75) is 26.4 Å². The molecule has 1 atom stereocenters. The van der Waals surface area contributed by atoms with E-state index in [1.807, 2.05) is 0 Å². The number of hydrogen-bond donors (Lipinski definition) is 1. The lowest BCUT2D eigenvalue weighted by atomic mass is 10.1. The SMILES string of the molecule is CC(C)(C)OC(=O)C1C=CN=C1O. The third-order valence-electron chi connectivity index (χ3n) is 1.42. The van der Waals surface area contributed by atoms with Crippen molar-refractivity contribution in [1.82, 2.24) is 0 Å². The topological polar surface area (TPSA) is 58.9 Å². The Morgan fingerprint density at radius 1 is 1.62 bits per heavy atom. The molecule has 1 aliphatic rings. The Balaban J connectivity index is 2.60. The van der Waals surface area contributed by atoms with E-state index in [4.69, 9.17) is 9.84 Å². The maximum Gasteiger partial charge on any atom is 0.322 e. The van der Waals surface area contributed by atoms with Crippen molar-refractivity contribution >= 4 is 11.9 Å². The fourth-order valence-corrected chi connectivity index (χ4v) is 0.921. The lowest BCUT2D eigenvalue weighted by molar-refractivity contribution is -0.156. The quantitative estimate of drug-likeness (QED) is 0.625. The Morgan fingerprint density at radius 2 is 2.23 bits per heavy atom. The number of carbonyl (C=O) groups is 1. The normalized spacial score (nSPS) is 21.5. The van der Waals surface area contributed by atoms with Crippen LogP contribution >= 0.6 is 0 Å². The van der Waals surface area contributed by atoms with E-state index >= 15 is 0 Å². The van der Waals surface area contributed by atoms with Crippen LogP contribution in [0.2, 0.25) is 0 Å². The molecule has 0 aromatic carbocycles. The van der Waals surface area contributed by atoms with E-state index in [1.165, 1.54) is 12.3 Å². The Morgan fingerprint density at radius 3 is 2.62 bits per heavy atom. The Kier molecular flexibility index (Phi) is 2.40. The van der Waals surface area contributed by atoms with E-state index in [2.05, 4.69) is 4.99 Å². The van der Waals surface area contributed by atoms with Gasteiger partial charge in [-0.15, -0.1) is 0 Å². The highest BCUT2D eigenvalue weighted by atomic mass is 16.6. The highest BCUT2D eigenvalue weighted by Gasteiger charge is 2.29. The van der Waals surface area contributed by atoms with Crippen molar-refractivity contribution in [1.29, 1.82) is 0 Å². The molecular formula is C9H13NO3. The standard InChI is InChI=1S/C9H13NO3/c1-9(2,3)13-8(12)6-4-5-10-7(6)11/h4-6H,1-3H3,(H,10,11). The van der Waals surface area contributed by atoms with E-state index < -0.39 is 17.5 Å². The first-order chi connectivity index (χ1) is 5.90. The number of aliphatic imine (C=N–C) groups is 1. The summed E-state index contributed by atoms with van der Waals surface area (Å²) in [6.07, 6.45) is 2.90. The molecular weight excluding hydrogens is 170 g/mol. The van der Waals surface area contributed by atoms with Gasteiger partial charge >= 0.3 is 5.97 Å². The first kappa shape index (κ1) is 9.77. The summed E-state index contributed by atoms with van der Waals surface area (Å²) in [7, 11) is 0. The lowest BCUT2D eigenvalue weighted by Gasteiger charge is -2.20. The molecule has 1 heterocycles. The summed E-state index contributed by atoms with van der Waals surface area (Å²) in [4.78, 5) is 14.9. The van der Waals surface area contributed by atoms with Gasteiger partial charge in [0.05, 0.1) is 0 Å². The maximum absolute atomic E-state index is 11.4. The molecule has 0 fully saturated rings. The molecule has 4 nitrogen and oxygen atoms in total. The van der Waals surface area contributed by atoms with Crippen LogP contribution < -0.4 is 0 Å². The van der Waals surface area contributed by atoms with E-state index in [1.54, 1.807) is 20.8 Å². The number of esters is 1. The van der Waals surface area contributed by atoms with Gasteiger partial charge < -0.3 is 9.84 Å². The molecule has 1 rings (SSSR count). The van der Waals surface area contributed by atoms with Gasteiger partial charge in [-0.25, -0.2) is 4.99 Å². The van der Waals surface area contributed by atoms with Crippen molar-refractivity contribution in [3.63, 3.8) is 0 Å². The molecule has 1 aliphatic heterocycles. The number of hydrogen-bond acceptors (Lipinski definition) is 3.